The zero-order valence-electron chi connectivity index (χ0n) is 10.7. The molecule has 98 valence electrons. The number of nitrogens with one attached hydrogen (secondary N) is 1. The van der Waals surface area contributed by atoms with E-state index in [0.717, 1.165) is 30.6 Å². The van der Waals surface area contributed by atoms with E-state index in [2.05, 4.69) is 5.32 Å². The Morgan fingerprint density at radius 3 is 2.67 bits per heavy atom. The van der Waals surface area contributed by atoms with E-state index in [4.69, 9.17) is 4.74 Å². The number of nitro groups is 1. The van der Waals surface area contributed by atoms with Crippen LogP contribution >= 0.6 is 0 Å². The molecule has 1 aromatic carbocycles. The zero-order chi connectivity index (χ0) is 13.2. The lowest BCUT2D eigenvalue weighted by Crippen LogP contribution is -2.45. The summed E-state index contributed by atoms with van der Waals surface area (Å²) in [6.07, 6.45) is 3.35. The molecule has 1 N–H and O–H groups in total. The minimum absolute atomic E-state index is 0.0474. The van der Waals surface area contributed by atoms with Gasteiger partial charge >= 0.3 is 0 Å². The van der Waals surface area contributed by atoms with E-state index in [-0.39, 0.29) is 16.2 Å². The van der Waals surface area contributed by atoms with Gasteiger partial charge in [0, 0.05) is 31.5 Å². The van der Waals surface area contributed by atoms with Gasteiger partial charge in [-0.2, -0.15) is 0 Å². The highest BCUT2D eigenvalue weighted by molar-refractivity contribution is 5.55. The summed E-state index contributed by atoms with van der Waals surface area (Å²) in [6, 6.07) is 4.87. The summed E-state index contributed by atoms with van der Waals surface area (Å²) in [4.78, 5) is 10.3. The van der Waals surface area contributed by atoms with Crippen molar-refractivity contribution in [3.8, 4) is 0 Å². The second-order valence-corrected chi connectivity index (χ2v) is 4.85. The van der Waals surface area contributed by atoms with Crippen molar-refractivity contribution in [3.63, 3.8) is 0 Å². The molecule has 1 aliphatic carbocycles. The maximum absolute atomic E-state index is 10.6. The molecule has 2 rings (SSSR count). The van der Waals surface area contributed by atoms with Gasteiger partial charge in [-0.3, -0.25) is 10.1 Å². The van der Waals surface area contributed by atoms with Crippen LogP contribution in [0.4, 0.5) is 11.4 Å². The van der Waals surface area contributed by atoms with Gasteiger partial charge in [0.25, 0.3) is 5.69 Å². The van der Waals surface area contributed by atoms with E-state index in [1.807, 2.05) is 6.92 Å². The van der Waals surface area contributed by atoms with Gasteiger partial charge in [0.05, 0.1) is 10.5 Å². The minimum Gasteiger partial charge on any atom is -0.382 e. The SMILES string of the molecule is COC1(CNc2ccc([N+](=O)[O-])cc2C)CCC1. The molecule has 0 amide bonds. The Kier molecular flexibility index (Phi) is 3.52. The van der Waals surface area contributed by atoms with E-state index in [9.17, 15) is 10.1 Å². The van der Waals surface area contributed by atoms with Crippen LogP contribution in [0, 0.1) is 17.0 Å². The third kappa shape index (κ3) is 2.46. The lowest BCUT2D eigenvalue weighted by molar-refractivity contribution is -0.384. The maximum atomic E-state index is 10.6. The fourth-order valence-electron chi connectivity index (χ4n) is 2.24. The van der Waals surface area contributed by atoms with Crippen molar-refractivity contribution in [1.29, 1.82) is 0 Å². The summed E-state index contributed by atoms with van der Waals surface area (Å²) in [5, 5.41) is 14.0. The van der Waals surface area contributed by atoms with Gasteiger partial charge in [0.1, 0.15) is 0 Å². The lowest BCUT2D eigenvalue weighted by Gasteiger charge is -2.40. The molecule has 1 fully saturated rings. The first-order chi connectivity index (χ1) is 8.56. The predicted molar refractivity (Wildman–Crippen MR) is 69.9 cm³/mol. The van der Waals surface area contributed by atoms with Crippen molar-refractivity contribution in [3.05, 3.63) is 33.9 Å². The van der Waals surface area contributed by atoms with Crippen molar-refractivity contribution in [2.24, 2.45) is 0 Å². The van der Waals surface area contributed by atoms with Gasteiger partial charge in [-0.1, -0.05) is 0 Å². The second-order valence-electron chi connectivity index (χ2n) is 4.85. The molecule has 0 saturated heterocycles. The highest BCUT2D eigenvalue weighted by atomic mass is 16.6. The maximum Gasteiger partial charge on any atom is 0.269 e. The third-order valence-corrected chi connectivity index (χ3v) is 3.72. The van der Waals surface area contributed by atoms with Crippen molar-refractivity contribution in [1.82, 2.24) is 0 Å². The Balaban J connectivity index is 2.03. The Bertz CT molecular complexity index is 450. The monoisotopic (exact) mass is 250 g/mol. The van der Waals surface area contributed by atoms with Crippen LogP contribution in [0.2, 0.25) is 0 Å². The van der Waals surface area contributed by atoms with Crippen molar-refractivity contribution in [2.45, 2.75) is 31.8 Å². The number of aryl methyl sites for hydroxylation is 1. The van der Waals surface area contributed by atoms with Gasteiger partial charge in [-0.05, 0) is 37.8 Å². The molecule has 0 spiro atoms. The van der Waals surface area contributed by atoms with E-state index >= 15 is 0 Å². The molecule has 0 heterocycles. The largest absolute Gasteiger partial charge is 0.382 e. The van der Waals surface area contributed by atoms with Gasteiger partial charge in [0.2, 0.25) is 0 Å². The van der Waals surface area contributed by atoms with Crippen LogP contribution in [0.1, 0.15) is 24.8 Å². The van der Waals surface area contributed by atoms with E-state index < -0.39 is 0 Å². The molecule has 1 aliphatic rings. The lowest BCUT2D eigenvalue weighted by atomic mass is 9.80. The normalized spacial score (nSPS) is 17.0. The summed E-state index contributed by atoms with van der Waals surface area (Å²) in [5.74, 6) is 0. The Labute approximate surface area is 106 Å². The first kappa shape index (κ1) is 12.8. The van der Waals surface area contributed by atoms with Crippen LogP contribution in [0.25, 0.3) is 0 Å². The number of non-ortho nitro benzene ring substituents is 1. The van der Waals surface area contributed by atoms with Gasteiger partial charge in [0.15, 0.2) is 0 Å². The molecule has 0 radical (unpaired) electrons. The van der Waals surface area contributed by atoms with Gasteiger partial charge < -0.3 is 10.1 Å². The summed E-state index contributed by atoms with van der Waals surface area (Å²) in [5.41, 5.74) is 1.90. The van der Waals surface area contributed by atoms with Crippen molar-refractivity contribution >= 4 is 11.4 Å². The highest BCUT2D eigenvalue weighted by Crippen LogP contribution is 2.35. The molecule has 0 unspecified atom stereocenters. The average Bonchev–Trinajstić information content (AvgIpc) is 2.29. The summed E-state index contributed by atoms with van der Waals surface area (Å²) < 4.78 is 5.53. The number of nitrogens with zero attached hydrogens (tertiary/aromatic N) is 1. The van der Waals surface area contributed by atoms with Gasteiger partial charge in [-0.15, -0.1) is 0 Å². The van der Waals surface area contributed by atoms with E-state index in [0.29, 0.717) is 0 Å². The first-order valence-electron chi connectivity index (χ1n) is 6.10. The Morgan fingerprint density at radius 2 is 2.22 bits per heavy atom. The van der Waals surface area contributed by atoms with Crippen molar-refractivity contribution in [2.75, 3.05) is 19.0 Å². The molecule has 1 saturated carbocycles. The average molecular weight is 250 g/mol. The number of ether oxygens (including phenoxy) is 1. The number of hydrogen-bond donors (Lipinski definition) is 1. The molecule has 5 heteroatoms. The topological polar surface area (TPSA) is 64.4 Å². The standard InChI is InChI=1S/C13H18N2O3/c1-10-8-11(15(16)17)4-5-12(10)14-9-13(18-2)6-3-7-13/h4-5,8,14H,3,6-7,9H2,1-2H3. The second kappa shape index (κ2) is 4.94. The molecule has 18 heavy (non-hydrogen) atoms. The zero-order valence-corrected chi connectivity index (χ0v) is 10.7. The van der Waals surface area contributed by atoms with E-state index in [1.54, 1.807) is 19.2 Å². The number of nitro benzene ring substituents is 1. The molecule has 0 aromatic heterocycles. The summed E-state index contributed by atoms with van der Waals surface area (Å²) in [6.45, 7) is 2.62. The number of hydrogen-bond acceptors (Lipinski definition) is 4. The van der Waals surface area contributed by atoms with Crippen LogP contribution in [0.15, 0.2) is 18.2 Å². The van der Waals surface area contributed by atoms with Crippen LogP contribution in [0.5, 0.6) is 0 Å². The Morgan fingerprint density at radius 1 is 1.50 bits per heavy atom. The number of rotatable bonds is 5. The molecule has 0 aliphatic heterocycles. The quantitative estimate of drug-likeness (QED) is 0.644. The van der Waals surface area contributed by atoms with E-state index in [1.165, 1.54) is 12.5 Å². The van der Waals surface area contributed by atoms with Crippen LogP contribution in [0.3, 0.4) is 0 Å². The molecular weight excluding hydrogens is 232 g/mol. The number of methoxy groups -OCH3 is 1. The minimum atomic E-state index is -0.376. The smallest absolute Gasteiger partial charge is 0.269 e. The molecule has 0 bridgehead atoms. The molecule has 5 nitrogen and oxygen atoms in total. The molecular formula is C13H18N2O3. The van der Waals surface area contributed by atoms with Crippen LogP contribution < -0.4 is 5.32 Å². The molecule has 1 aromatic rings. The predicted octanol–water partition coefficient (Wildman–Crippen LogP) is 2.88. The highest BCUT2D eigenvalue weighted by Gasteiger charge is 2.36. The Hall–Kier alpha value is -1.62. The van der Waals surface area contributed by atoms with Crippen LogP contribution in [-0.2, 0) is 4.74 Å². The number of benzene rings is 1. The molecule has 0 atom stereocenters. The fourth-order valence-corrected chi connectivity index (χ4v) is 2.24. The summed E-state index contributed by atoms with van der Waals surface area (Å²) >= 11 is 0. The fraction of sp³-hybridized carbons (Fsp3) is 0.538. The summed E-state index contributed by atoms with van der Waals surface area (Å²) in [7, 11) is 1.74. The van der Waals surface area contributed by atoms with Crippen LogP contribution in [-0.4, -0.2) is 24.2 Å². The van der Waals surface area contributed by atoms with Crippen molar-refractivity contribution < 1.29 is 9.66 Å². The first-order valence-corrected chi connectivity index (χ1v) is 6.10. The third-order valence-electron chi connectivity index (χ3n) is 3.72. The van der Waals surface area contributed by atoms with Gasteiger partial charge in [-0.25, -0.2) is 0 Å². The number of anilines is 1.